The van der Waals surface area contributed by atoms with Crippen LogP contribution in [0.2, 0.25) is 0 Å². The maximum absolute atomic E-state index is 12.9. The van der Waals surface area contributed by atoms with E-state index in [9.17, 15) is 13.2 Å². The van der Waals surface area contributed by atoms with Crippen molar-refractivity contribution >= 4 is 5.69 Å². The summed E-state index contributed by atoms with van der Waals surface area (Å²) in [6.07, 6.45) is 1.52. The highest BCUT2D eigenvalue weighted by atomic mass is 19.2. The SMILES string of the molecule is Cn1nncc1CNc1cc(F)c(F)c(F)c1. The van der Waals surface area contributed by atoms with Gasteiger partial charge >= 0.3 is 0 Å². The van der Waals surface area contributed by atoms with Crippen molar-refractivity contribution < 1.29 is 13.2 Å². The Morgan fingerprint density at radius 2 is 1.88 bits per heavy atom. The number of nitrogens with one attached hydrogen (secondary N) is 1. The number of nitrogens with zero attached hydrogens (tertiary/aromatic N) is 3. The van der Waals surface area contributed by atoms with Gasteiger partial charge in [0.2, 0.25) is 0 Å². The standard InChI is InChI=1S/C10H9F3N4/c1-17-7(5-15-16-17)4-14-6-2-8(11)10(13)9(12)3-6/h2-3,5,14H,4H2,1H3. The summed E-state index contributed by atoms with van der Waals surface area (Å²) in [6.45, 7) is 0.286. The number of halogens is 3. The molecular formula is C10H9F3N4. The summed E-state index contributed by atoms with van der Waals surface area (Å²) < 4.78 is 40.0. The normalized spacial score (nSPS) is 10.6. The molecule has 1 heterocycles. The summed E-state index contributed by atoms with van der Waals surface area (Å²) in [7, 11) is 1.69. The van der Waals surface area contributed by atoms with E-state index in [1.165, 1.54) is 10.9 Å². The minimum Gasteiger partial charge on any atom is -0.379 e. The first-order valence-corrected chi connectivity index (χ1v) is 4.80. The Bertz CT molecular complexity index is 515. The molecule has 0 spiro atoms. The maximum Gasteiger partial charge on any atom is 0.194 e. The van der Waals surface area contributed by atoms with Gasteiger partial charge in [-0.1, -0.05) is 5.21 Å². The van der Waals surface area contributed by atoms with Crippen LogP contribution in [-0.4, -0.2) is 15.0 Å². The molecule has 0 saturated heterocycles. The zero-order chi connectivity index (χ0) is 12.4. The second kappa shape index (κ2) is 4.44. The van der Waals surface area contributed by atoms with Gasteiger partial charge in [0.1, 0.15) is 0 Å². The van der Waals surface area contributed by atoms with Crippen LogP contribution in [0.4, 0.5) is 18.9 Å². The highest BCUT2D eigenvalue weighted by molar-refractivity contribution is 5.44. The first-order valence-electron chi connectivity index (χ1n) is 4.80. The van der Waals surface area contributed by atoms with E-state index in [4.69, 9.17) is 0 Å². The molecule has 0 aliphatic heterocycles. The lowest BCUT2D eigenvalue weighted by molar-refractivity contribution is 0.447. The zero-order valence-electron chi connectivity index (χ0n) is 8.91. The second-order valence-corrected chi connectivity index (χ2v) is 3.46. The van der Waals surface area contributed by atoms with Gasteiger partial charge in [-0.3, -0.25) is 4.68 Å². The molecule has 0 radical (unpaired) electrons. The van der Waals surface area contributed by atoms with Crippen LogP contribution >= 0.6 is 0 Å². The number of rotatable bonds is 3. The van der Waals surface area contributed by atoms with E-state index in [0.717, 1.165) is 17.8 Å². The van der Waals surface area contributed by atoms with Gasteiger partial charge in [0.15, 0.2) is 17.5 Å². The molecule has 0 aliphatic carbocycles. The van der Waals surface area contributed by atoms with Gasteiger partial charge in [-0.15, -0.1) is 5.10 Å². The van der Waals surface area contributed by atoms with E-state index < -0.39 is 17.5 Å². The highest BCUT2D eigenvalue weighted by Crippen LogP contribution is 2.17. The molecule has 7 heteroatoms. The predicted octanol–water partition coefficient (Wildman–Crippen LogP) is 1.84. The Balaban J connectivity index is 2.12. The van der Waals surface area contributed by atoms with Crippen LogP contribution < -0.4 is 5.32 Å². The fourth-order valence-electron chi connectivity index (χ4n) is 1.32. The minimum atomic E-state index is -1.47. The number of aromatic nitrogens is 3. The summed E-state index contributed by atoms with van der Waals surface area (Å²) in [4.78, 5) is 0. The van der Waals surface area contributed by atoms with Gasteiger partial charge < -0.3 is 5.32 Å². The molecule has 2 aromatic rings. The van der Waals surface area contributed by atoms with Gasteiger partial charge in [0, 0.05) is 24.9 Å². The molecule has 0 atom stereocenters. The van der Waals surface area contributed by atoms with Crippen molar-refractivity contribution in [3.05, 3.63) is 41.5 Å². The lowest BCUT2D eigenvalue weighted by Gasteiger charge is -2.06. The molecule has 17 heavy (non-hydrogen) atoms. The lowest BCUT2D eigenvalue weighted by atomic mass is 10.3. The van der Waals surface area contributed by atoms with Crippen molar-refractivity contribution in [1.29, 1.82) is 0 Å². The Hall–Kier alpha value is -2.05. The van der Waals surface area contributed by atoms with Crippen LogP contribution in [0.1, 0.15) is 5.69 Å². The molecular weight excluding hydrogens is 233 g/mol. The number of anilines is 1. The van der Waals surface area contributed by atoms with Crippen molar-refractivity contribution in [2.24, 2.45) is 7.05 Å². The first-order chi connectivity index (χ1) is 8.08. The maximum atomic E-state index is 12.9. The van der Waals surface area contributed by atoms with Crippen molar-refractivity contribution in [3.63, 3.8) is 0 Å². The van der Waals surface area contributed by atoms with E-state index in [2.05, 4.69) is 15.6 Å². The van der Waals surface area contributed by atoms with E-state index in [0.29, 0.717) is 0 Å². The van der Waals surface area contributed by atoms with Crippen LogP contribution in [0.5, 0.6) is 0 Å². The number of hydrogen-bond donors (Lipinski definition) is 1. The Kier molecular flexibility index (Phi) is 2.99. The molecule has 1 aromatic heterocycles. The summed E-state index contributed by atoms with van der Waals surface area (Å²) in [5.74, 6) is -3.93. The van der Waals surface area contributed by atoms with Gasteiger partial charge in [0.05, 0.1) is 18.4 Å². The second-order valence-electron chi connectivity index (χ2n) is 3.46. The highest BCUT2D eigenvalue weighted by Gasteiger charge is 2.10. The van der Waals surface area contributed by atoms with Crippen molar-refractivity contribution in [3.8, 4) is 0 Å². The topological polar surface area (TPSA) is 42.7 Å². The molecule has 0 fully saturated rings. The Morgan fingerprint density at radius 3 is 2.41 bits per heavy atom. The van der Waals surface area contributed by atoms with E-state index in [1.54, 1.807) is 7.05 Å². The molecule has 0 bridgehead atoms. The Labute approximate surface area is 95.1 Å². The molecule has 0 saturated carbocycles. The third kappa shape index (κ3) is 2.38. The monoisotopic (exact) mass is 242 g/mol. The van der Waals surface area contributed by atoms with Crippen LogP contribution in [0, 0.1) is 17.5 Å². The first kappa shape index (κ1) is 11.4. The van der Waals surface area contributed by atoms with Crippen LogP contribution in [-0.2, 0) is 13.6 Å². The number of hydrogen-bond acceptors (Lipinski definition) is 3. The fraction of sp³-hybridized carbons (Fsp3) is 0.200. The van der Waals surface area contributed by atoms with Crippen molar-refractivity contribution in [1.82, 2.24) is 15.0 Å². The summed E-state index contributed by atoms with van der Waals surface area (Å²) in [5, 5.41) is 10.1. The van der Waals surface area contributed by atoms with Gasteiger partial charge in [0.25, 0.3) is 0 Å². The third-order valence-corrected chi connectivity index (χ3v) is 2.27. The van der Waals surface area contributed by atoms with Crippen LogP contribution in [0.3, 0.4) is 0 Å². The van der Waals surface area contributed by atoms with E-state index >= 15 is 0 Å². The summed E-state index contributed by atoms with van der Waals surface area (Å²) in [5.41, 5.74) is 0.887. The molecule has 0 aliphatic rings. The van der Waals surface area contributed by atoms with Gasteiger partial charge in [-0.2, -0.15) is 0 Å². The van der Waals surface area contributed by atoms with Gasteiger partial charge in [-0.25, -0.2) is 13.2 Å². The van der Waals surface area contributed by atoms with Crippen molar-refractivity contribution in [2.45, 2.75) is 6.54 Å². The number of aryl methyl sites for hydroxylation is 1. The Morgan fingerprint density at radius 1 is 1.24 bits per heavy atom. The average molecular weight is 242 g/mol. The average Bonchev–Trinajstić information content (AvgIpc) is 2.69. The minimum absolute atomic E-state index is 0.155. The summed E-state index contributed by atoms with van der Waals surface area (Å²) in [6, 6.07) is 1.78. The molecule has 1 aromatic carbocycles. The van der Waals surface area contributed by atoms with Crippen LogP contribution in [0.25, 0.3) is 0 Å². The predicted molar refractivity (Wildman–Crippen MR) is 54.6 cm³/mol. The largest absolute Gasteiger partial charge is 0.379 e. The molecule has 0 amide bonds. The fourth-order valence-corrected chi connectivity index (χ4v) is 1.32. The quantitative estimate of drug-likeness (QED) is 0.835. The van der Waals surface area contributed by atoms with Crippen LogP contribution in [0.15, 0.2) is 18.3 Å². The molecule has 2 rings (SSSR count). The molecule has 4 nitrogen and oxygen atoms in total. The van der Waals surface area contributed by atoms with Gasteiger partial charge in [-0.05, 0) is 0 Å². The lowest BCUT2D eigenvalue weighted by Crippen LogP contribution is -2.06. The summed E-state index contributed by atoms with van der Waals surface area (Å²) >= 11 is 0. The van der Waals surface area contributed by atoms with E-state index in [1.807, 2.05) is 0 Å². The van der Waals surface area contributed by atoms with Crippen molar-refractivity contribution in [2.75, 3.05) is 5.32 Å². The molecule has 1 N–H and O–H groups in total. The molecule has 0 unspecified atom stereocenters. The van der Waals surface area contributed by atoms with E-state index in [-0.39, 0.29) is 12.2 Å². The smallest absolute Gasteiger partial charge is 0.194 e. The third-order valence-electron chi connectivity index (χ3n) is 2.27. The number of benzene rings is 1. The molecule has 90 valence electrons. The zero-order valence-corrected chi connectivity index (χ0v) is 8.91.